The van der Waals surface area contributed by atoms with Gasteiger partial charge in [0.1, 0.15) is 5.82 Å². The highest BCUT2D eigenvalue weighted by Gasteiger charge is 2.30. The molecule has 0 bridgehead atoms. The van der Waals surface area contributed by atoms with Gasteiger partial charge < -0.3 is 5.11 Å². The van der Waals surface area contributed by atoms with Crippen molar-refractivity contribution in [2.75, 3.05) is 0 Å². The second-order valence-electron chi connectivity index (χ2n) is 3.81. The maximum absolute atomic E-state index is 13.5. The van der Waals surface area contributed by atoms with Crippen molar-refractivity contribution in [1.29, 1.82) is 0 Å². The molecule has 0 spiro atoms. The van der Waals surface area contributed by atoms with Crippen molar-refractivity contribution < 1.29 is 23.1 Å². The van der Waals surface area contributed by atoms with E-state index in [1.54, 1.807) is 0 Å². The van der Waals surface area contributed by atoms with Gasteiger partial charge in [0, 0.05) is 18.4 Å². The molecule has 0 saturated carbocycles. The summed E-state index contributed by atoms with van der Waals surface area (Å²) in [6.45, 7) is 0. The molecule has 94 valence electrons. The molecule has 0 atom stereocenters. The number of carboxylic acids is 1. The summed E-state index contributed by atoms with van der Waals surface area (Å²) in [6.07, 6.45) is -0.200. The zero-order valence-corrected chi connectivity index (χ0v) is 9.13. The number of halogens is 3. The van der Waals surface area contributed by atoms with Gasteiger partial charge in [0.15, 0.2) is 0 Å². The highest BCUT2D eigenvalue weighted by molar-refractivity contribution is 5.66. The van der Waals surface area contributed by atoms with E-state index < -0.39 is 24.1 Å². The van der Waals surface area contributed by atoms with E-state index in [1.165, 1.54) is 0 Å². The van der Waals surface area contributed by atoms with Gasteiger partial charge >= 0.3 is 5.97 Å². The quantitative estimate of drug-likeness (QED) is 0.779. The smallest absolute Gasteiger partial charge is 0.303 e. The van der Waals surface area contributed by atoms with Gasteiger partial charge in [-0.3, -0.25) is 4.79 Å². The van der Waals surface area contributed by atoms with Crippen LogP contribution in [0.5, 0.6) is 0 Å². The number of hydrogen-bond acceptors (Lipinski definition) is 1. The lowest BCUT2D eigenvalue weighted by molar-refractivity contribution is -0.137. The van der Waals surface area contributed by atoms with Crippen LogP contribution in [0, 0.1) is 5.82 Å². The predicted molar refractivity (Wildman–Crippen MR) is 56.4 cm³/mol. The molecule has 1 N–H and O–H groups in total. The van der Waals surface area contributed by atoms with E-state index in [4.69, 9.17) is 5.11 Å². The monoisotopic (exact) mass is 246 g/mol. The third kappa shape index (κ3) is 4.46. The van der Waals surface area contributed by atoms with Crippen LogP contribution in [0.15, 0.2) is 24.3 Å². The Morgan fingerprint density at radius 1 is 1.18 bits per heavy atom. The van der Waals surface area contributed by atoms with Crippen LogP contribution in [-0.2, 0) is 10.7 Å². The second-order valence-corrected chi connectivity index (χ2v) is 3.81. The Labute approximate surface area is 97.1 Å². The lowest BCUT2D eigenvalue weighted by Crippen LogP contribution is -2.13. The summed E-state index contributed by atoms with van der Waals surface area (Å²) in [5.74, 6) is -4.59. The maximum Gasteiger partial charge on any atom is 0.303 e. The van der Waals surface area contributed by atoms with Gasteiger partial charge in [-0.05, 0) is 25.0 Å². The van der Waals surface area contributed by atoms with Gasteiger partial charge in [0.05, 0.1) is 0 Å². The number of unbranched alkanes of at least 4 members (excludes halogenated alkanes) is 1. The molecule has 0 heterocycles. The van der Waals surface area contributed by atoms with Gasteiger partial charge in [-0.25, -0.2) is 13.2 Å². The number of alkyl halides is 2. The van der Waals surface area contributed by atoms with Crippen molar-refractivity contribution in [3.8, 4) is 0 Å². The van der Waals surface area contributed by atoms with Crippen molar-refractivity contribution in [2.24, 2.45) is 0 Å². The number of carboxylic acid groups (broad SMARTS) is 1. The first kappa shape index (κ1) is 13.5. The first-order chi connectivity index (χ1) is 7.92. The van der Waals surface area contributed by atoms with E-state index in [1.807, 2.05) is 0 Å². The van der Waals surface area contributed by atoms with E-state index in [0.29, 0.717) is 0 Å². The summed E-state index contributed by atoms with van der Waals surface area (Å²) in [5.41, 5.74) is -0.241. The fraction of sp³-hybridized carbons (Fsp3) is 0.417. The lowest BCUT2D eigenvalue weighted by atomic mass is 10.0. The summed E-state index contributed by atoms with van der Waals surface area (Å²) >= 11 is 0. The van der Waals surface area contributed by atoms with Gasteiger partial charge in [-0.1, -0.05) is 12.1 Å². The Kier molecular flexibility index (Phi) is 4.54. The largest absolute Gasteiger partial charge is 0.481 e. The van der Waals surface area contributed by atoms with E-state index in [0.717, 1.165) is 24.3 Å². The average molecular weight is 246 g/mol. The fourth-order valence-electron chi connectivity index (χ4n) is 1.46. The summed E-state index contributed by atoms with van der Waals surface area (Å²) in [6, 6.07) is 4.07. The van der Waals surface area contributed by atoms with Gasteiger partial charge in [-0.15, -0.1) is 0 Å². The van der Waals surface area contributed by atoms with Crippen LogP contribution >= 0.6 is 0 Å². The third-order valence-corrected chi connectivity index (χ3v) is 2.40. The van der Waals surface area contributed by atoms with Crippen LogP contribution in [0.3, 0.4) is 0 Å². The fourth-order valence-corrected chi connectivity index (χ4v) is 1.46. The van der Waals surface area contributed by atoms with E-state index in [-0.39, 0.29) is 24.8 Å². The Morgan fingerprint density at radius 3 is 2.29 bits per heavy atom. The minimum atomic E-state index is -3.04. The zero-order valence-electron chi connectivity index (χ0n) is 9.13. The Balaban J connectivity index is 2.50. The standard InChI is InChI=1S/C12H13F3O2/c13-10-6-4-9(5-7-10)12(14,15)8-2-1-3-11(16)17/h4-7H,1-3,8H2,(H,16,17). The first-order valence-corrected chi connectivity index (χ1v) is 5.27. The molecule has 1 aromatic carbocycles. The molecule has 0 aromatic heterocycles. The molecular weight excluding hydrogens is 233 g/mol. The van der Waals surface area contributed by atoms with Crippen LogP contribution in [0.4, 0.5) is 13.2 Å². The molecule has 5 heteroatoms. The van der Waals surface area contributed by atoms with Crippen molar-refractivity contribution >= 4 is 5.97 Å². The highest BCUT2D eigenvalue weighted by Crippen LogP contribution is 2.33. The molecule has 0 aliphatic carbocycles. The maximum atomic E-state index is 13.5. The molecule has 1 aromatic rings. The van der Waals surface area contributed by atoms with Crippen LogP contribution in [0.2, 0.25) is 0 Å². The van der Waals surface area contributed by atoms with Crippen LogP contribution < -0.4 is 0 Å². The molecule has 0 amide bonds. The van der Waals surface area contributed by atoms with Gasteiger partial charge in [-0.2, -0.15) is 0 Å². The zero-order chi connectivity index (χ0) is 12.9. The minimum Gasteiger partial charge on any atom is -0.481 e. The molecule has 0 radical (unpaired) electrons. The SMILES string of the molecule is O=C(O)CCCCC(F)(F)c1ccc(F)cc1. The number of benzene rings is 1. The van der Waals surface area contributed by atoms with Gasteiger partial charge in [0.2, 0.25) is 0 Å². The topological polar surface area (TPSA) is 37.3 Å². The van der Waals surface area contributed by atoms with E-state index in [9.17, 15) is 18.0 Å². The number of rotatable bonds is 6. The summed E-state index contributed by atoms with van der Waals surface area (Å²) in [4.78, 5) is 10.2. The molecule has 0 fully saturated rings. The Morgan fingerprint density at radius 2 is 1.76 bits per heavy atom. The van der Waals surface area contributed by atoms with E-state index >= 15 is 0 Å². The van der Waals surface area contributed by atoms with Crippen molar-refractivity contribution in [2.45, 2.75) is 31.6 Å². The van der Waals surface area contributed by atoms with E-state index in [2.05, 4.69) is 0 Å². The number of carbonyl (C=O) groups is 1. The average Bonchev–Trinajstić information content (AvgIpc) is 2.25. The van der Waals surface area contributed by atoms with Crippen molar-refractivity contribution in [3.05, 3.63) is 35.6 Å². The molecular formula is C12H13F3O2. The Hall–Kier alpha value is -1.52. The summed E-state index contributed by atoms with van der Waals surface area (Å²) in [5, 5.41) is 8.36. The molecule has 0 unspecified atom stereocenters. The molecule has 0 aliphatic heterocycles. The number of hydrogen-bond donors (Lipinski definition) is 1. The second kappa shape index (κ2) is 5.70. The van der Waals surface area contributed by atoms with Crippen molar-refractivity contribution in [1.82, 2.24) is 0 Å². The molecule has 1 rings (SSSR count). The molecule has 0 aliphatic rings. The Bertz CT molecular complexity index is 374. The van der Waals surface area contributed by atoms with Crippen LogP contribution in [0.1, 0.15) is 31.2 Å². The van der Waals surface area contributed by atoms with Crippen LogP contribution in [0.25, 0.3) is 0 Å². The predicted octanol–water partition coefficient (Wildman–Crippen LogP) is 3.56. The summed E-state index contributed by atoms with van der Waals surface area (Å²) in [7, 11) is 0. The molecule has 2 nitrogen and oxygen atoms in total. The molecule has 17 heavy (non-hydrogen) atoms. The minimum absolute atomic E-state index is 0.112. The summed E-state index contributed by atoms with van der Waals surface area (Å²) < 4.78 is 39.6. The third-order valence-electron chi connectivity index (χ3n) is 2.40. The van der Waals surface area contributed by atoms with Crippen LogP contribution in [-0.4, -0.2) is 11.1 Å². The number of aliphatic carboxylic acids is 1. The first-order valence-electron chi connectivity index (χ1n) is 5.27. The van der Waals surface area contributed by atoms with Gasteiger partial charge in [0.25, 0.3) is 5.92 Å². The normalized spacial score (nSPS) is 11.5. The highest BCUT2D eigenvalue weighted by atomic mass is 19.3. The van der Waals surface area contributed by atoms with Crippen molar-refractivity contribution in [3.63, 3.8) is 0 Å². The lowest BCUT2D eigenvalue weighted by Gasteiger charge is -2.16. The molecule has 0 saturated heterocycles.